The molecule has 4 rings (SSSR count). The zero-order chi connectivity index (χ0) is 19.7. The molecule has 1 unspecified atom stereocenters. The normalized spacial score (nSPS) is 21.8. The number of ether oxygens (including phenoxy) is 2. The molecule has 1 N–H and O–H groups in total. The van der Waals surface area contributed by atoms with Crippen molar-refractivity contribution >= 4 is 17.3 Å². The second kappa shape index (κ2) is 7.70. The largest absolute Gasteiger partial charge is 0.444 e. The van der Waals surface area contributed by atoms with Crippen LogP contribution < -0.4 is 0 Å². The van der Waals surface area contributed by atoms with Crippen LogP contribution in [0.1, 0.15) is 69.7 Å². The lowest BCUT2D eigenvalue weighted by molar-refractivity contribution is 0.0205. The van der Waals surface area contributed by atoms with Gasteiger partial charge in [0, 0.05) is 31.8 Å². The van der Waals surface area contributed by atoms with Gasteiger partial charge in [-0.15, -0.1) is 0 Å². The van der Waals surface area contributed by atoms with E-state index in [1.54, 1.807) is 0 Å². The highest BCUT2D eigenvalue weighted by Crippen LogP contribution is 2.33. The van der Waals surface area contributed by atoms with Crippen LogP contribution in [-0.4, -0.2) is 57.8 Å². The van der Waals surface area contributed by atoms with E-state index in [0.717, 1.165) is 55.9 Å². The SMILES string of the molecule is CC(C)(C)OC(=O)N1CCC(c2ccnc3nc(C4CCCOC4)[nH]c23)CC1. The second-order valence-corrected chi connectivity index (χ2v) is 8.88. The Morgan fingerprint density at radius 1 is 1.25 bits per heavy atom. The molecule has 2 aromatic heterocycles. The fourth-order valence-electron chi connectivity index (χ4n) is 4.14. The van der Waals surface area contributed by atoms with E-state index < -0.39 is 5.60 Å². The van der Waals surface area contributed by atoms with Crippen molar-refractivity contribution in [1.29, 1.82) is 0 Å². The van der Waals surface area contributed by atoms with Crippen molar-refractivity contribution in [3.8, 4) is 0 Å². The van der Waals surface area contributed by atoms with Crippen LogP contribution in [0.2, 0.25) is 0 Å². The van der Waals surface area contributed by atoms with Crippen LogP contribution in [0, 0.1) is 0 Å². The molecule has 0 aliphatic carbocycles. The Bertz CT molecular complexity index is 828. The molecule has 7 heteroatoms. The molecular weight excluding hydrogens is 356 g/mol. The van der Waals surface area contributed by atoms with E-state index in [-0.39, 0.29) is 6.09 Å². The van der Waals surface area contributed by atoms with Crippen molar-refractivity contribution in [3.05, 3.63) is 23.7 Å². The van der Waals surface area contributed by atoms with Gasteiger partial charge in [-0.3, -0.25) is 0 Å². The first kappa shape index (κ1) is 19.2. The number of H-pyrrole nitrogens is 1. The molecule has 2 aliphatic rings. The highest BCUT2D eigenvalue weighted by Gasteiger charge is 2.29. The number of likely N-dealkylation sites (tertiary alicyclic amines) is 1. The number of amides is 1. The number of pyridine rings is 1. The summed E-state index contributed by atoms with van der Waals surface area (Å²) >= 11 is 0. The predicted molar refractivity (Wildman–Crippen MR) is 106 cm³/mol. The molecule has 0 radical (unpaired) electrons. The number of nitrogens with one attached hydrogen (secondary N) is 1. The lowest BCUT2D eigenvalue weighted by atomic mass is 9.89. The molecule has 0 bridgehead atoms. The van der Waals surface area contributed by atoms with E-state index in [1.165, 1.54) is 5.56 Å². The number of carbonyl (C=O) groups is 1. The highest BCUT2D eigenvalue weighted by atomic mass is 16.6. The number of carbonyl (C=O) groups excluding carboxylic acids is 1. The van der Waals surface area contributed by atoms with E-state index in [4.69, 9.17) is 14.5 Å². The van der Waals surface area contributed by atoms with Gasteiger partial charge in [0.05, 0.1) is 12.1 Å². The Hall–Kier alpha value is -2.15. The van der Waals surface area contributed by atoms with Gasteiger partial charge in [0.2, 0.25) is 0 Å². The first-order chi connectivity index (χ1) is 13.4. The quantitative estimate of drug-likeness (QED) is 0.845. The molecule has 0 spiro atoms. The zero-order valence-corrected chi connectivity index (χ0v) is 17.0. The second-order valence-electron chi connectivity index (χ2n) is 8.88. The maximum Gasteiger partial charge on any atom is 0.410 e. The average molecular weight is 386 g/mol. The lowest BCUT2D eigenvalue weighted by Crippen LogP contribution is -2.41. The van der Waals surface area contributed by atoms with Crippen molar-refractivity contribution in [2.24, 2.45) is 0 Å². The number of aromatic nitrogens is 3. The third-order valence-electron chi connectivity index (χ3n) is 5.58. The van der Waals surface area contributed by atoms with Gasteiger partial charge in [-0.1, -0.05) is 0 Å². The summed E-state index contributed by atoms with van der Waals surface area (Å²) in [7, 11) is 0. The standard InChI is InChI=1S/C21H30N4O3/c1-21(2,3)28-20(26)25-10-7-14(8-11-25)16-6-9-22-19-17(16)23-18(24-19)15-5-4-12-27-13-15/h6,9,14-15H,4-5,7-8,10-13H2,1-3H3,(H,22,23,24). The molecule has 152 valence electrons. The summed E-state index contributed by atoms with van der Waals surface area (Å²) in [6, 6.07) is 2.09. The van der Waals surface area contributed by atoms with E-state index in [9.17, 15) is 4.79 Å². The van der Waals surface area contributed by atoms with Gasteiger partial charge in [-0.2, -0.15) is 0 Å². The Morgan fingerprint density at radius 2 is 2.04 bits per heavy atom. The van der Waals surface area contributed by atoms with Gasteiger partial charge in [0.1, 0.15) is 11.4 Å². The van der Waals surface area contributed by atoms with Crippen LogP contribution in [0.4, 0.5) is 4.79 Å². The maximum absolute atomic E-state index is 12.3. The van der Waals surface area contributed by atoms with Crippen LogP contribution >= 0.6 is 0 Å². The average Bonchev–Trinajstić information content (AvgIpc) is 3.12. The molecule has 2 saturated heterocycles. The predicted octanol–water partition coefficient (Wildman–Crippen LogP) is 3.97. The van der Waals surface area contributed by atoms with Crippen molar-refractivity contribution in [1.82, 2.24) is 19.9 Å². The van der Waals surface area contributed by atoms with Crippen molar-refractivity contribution < 1.29 is 14.3 Å². The Morgan fingerprint density at radius 3 is 2.71 bits per heavy atom. The number of imidazole rings is 1. The monoisotopic (exact) mass is 386 g/mol. The van der Waals surface area contributed by atoms with Gasteiger partial charge in [0.15, 0.2) is 5.65 Å². The summed E-state index contributed by atoms with van der Waals surface area (Å²) in [6.07, 6.45) is 5.64. The fourth-order valence-corrected chi connectivity index (χ4v) is 4.14. The van der Waals surface area contributed by atoms with Gasteiger partial charge in [-0.05, 0) is 64.0 Å². The van der Waals surface area contributed by atoms with Gasteiger partial charge in [-0.25, -0.2) is 14.8 Å². The van der Waals surface area contributed by atoms with Crippen LogP contribution in [0.5, 0.6) is 0 Å². The lowest BCUT2D eigenvalue weighted by Gasteiger charge is -2.33. The first-order valence-corrected chi connectivity index (χ1v) is 10.3. The Labute approximate surface area is 165 Å². The summed E-state index contributed by atoms with van der Waals surface area (Å²) in [5.74, 6) is 1.70. The molecule has 1 atom stereocenters. The smallest absolute Gasteiger partial charge is 0.410 e. The number of piperidine rings is 1. The summed E-state index contributed by atoms with van der Waals surface area (Å²) in [4.78, 5) is 26.9. The molecular formula is C21H30N4O3. The number of fused-ring (bicyclic) bond motifs is 1. The van der Waals surface area contributed by atoms with Crippen molar-refractivity contribution in [3.63, 3.8) is 0 Å². The minimum atomic E-state index is -0.458. The molecule has 2 aromatic rings. The first-order valence-electron chi connectivity index (χ1n) is 10.3. The van der Waals surface area contributed by atoms with Gasteiger partial charge < -0.3 is 19.4 Å². The Balaban J connectivity index is 1.47. The summed E-state index contributed by atoms with van der Waals surface area (Å²) in [5.41, 5.74) is 2.62. The van der Waals surface area contributed by atoms with Gasteiger partial charge >= 0.3 is 6.09 Å². The summed E-state index contributed by atoms with van der Waals surface area (Å²) in [5, 5.41) is 0. The van der Waals surface area contributed by atoms with Crippen LogP contribution in [0.15, 0.2) is 12.3 Å². The van der Waals surface area contributed by atoms with Crippen molar-refractivity contribution in [2.45, 2.75) is 63.9 Å². The topological polar surface area (TPSA) is 80.3 Å². The van der Waals surface area contributed by atoms with Crippen LogP contribution in [0.25, 0.3) is 11.2 Å². The fraction of sp³-hybridized carbons (Fsp3) is 0.667. The Kier molecular flexibility index (Phi) is 5.27. The highest BCUT2D eigenvalue weighted by molar-refractivity contribution is 5.75. The van der Waals surface area contributed by atoms with E-state index in [0.29, 0.717) is 24.9 Å². The molecule has 1 amide bonds. The van der Waals surface area contributed by atoms with E-state index in [1.807, 2.05) is 31.9 Å². The van der Waals surface area contributed by atoms with Crippen LogP contribution in [0.3, 0.4) is 0 Å². The minimum Gasteiger partial charge on any atom is -0.444 e. The molecule has 28 heavy (non-hydrogen) atoms. The van der Waals surface area contributed by atoms with Crippen molar-refractivity contribution in [2.75, 3.05) is 26.3 Å². The summed E-state index contributed by atoms with van der Waals surface area (Å²) in [6.45, 7) is 8.69. The molecule has 0 aromatic carbocycles. The van der Waals surface area contributed by atoms with E-state index >= 15 is 0 Å². The molecule has 2 fully saturated rings. The number of aromatic amines is 1. The molecule has 0 saturated carbocycles. The third kappa shape index (κ3) is 4.14. The number of nitrogens with zero attached hydrogens (tertiary/aromatic N) is 3. The molecule has 4 heterocycles. The molecule has 2 aliphatic heterocycles. The number of rotatable bonds is 2. The van der Waals surface area contributed by atoms with Gasteiger partial charge in [0.25, 0.3) is 0 Å². The third-order valence-corrected chi connectivity index (χ3v) is 5.58. The summed E-state index contributed by atoms with van der Waals surface area (Å²) < 4.78 is 11.1. The zero-order valence-electron chi connectivity index (χ0n) is 17.0. The van der Waals surface area contributed by atoms with Crippen LogP contribution in [-0.2, 0) is 9.47 Å². The minimum absolute atomic E-state index is 0.216. The maximum atomic E-state index is 12.3. The number of hydrogen-bond donors (Lipinski definition) is 1. The molecule has 7 nitrogen and oxygen atoms in total. The van der Waals surface area contributed by atoms with E-state index in [2.05, 4.69) is 16.0 Å². The number of hydrogen-bond acceptors (Lipinski definition) is 5.